The molecule has 82 valence electrons. The van der Waals surface area contributed by atoms with E-state index in [4.69, 9.17) is 4.74 Å². The van der Waals surface area contributed by atoms with Crippen LogP contribution in [0, 0.1) is 12.3 Å². The summed E-state index contributed by atoms with van der Waals surface area (Å²) >= 11 is 3.63. The van der Waals surface area contributed by atoms with Crippen molar-refractivity contribution in [2.45, 2.75) is 19.8 Å². The van der Waals surface area contributed by atoms with Crippen molar-refractivity contribution >= 4 is 15.9 Å². The van der Waals surface area contributed by atoms with E-state index in [2.05, 4.69) is 47.1 Å². The zero-order valence-corrected chi connectivity index (χ0v) is 10.7. The second-order valence-electron chi connectivity index (χ2n) is 4.60. The molecule has 1 aliphatic rings. The molecule has 1 heterocycles. The van der Waals surface area contributed by atoms with Crippen molar-refractivity contribution in [3.05, 3.63) is 35.4 Å². The quantitative estimate of drug-likeness (QED) is 0.765. The molecule has 1 aliphatic heterocycles. The van der Waals surface area contributed by atoms with Gasteiger partial charge >= 0.3 is 0 Å². The Labute approximate surface area is 100.0 Å². The van der Waals surface area contributed by atoms with Gasteiger partial charge < -0.3 is 4.74 Å². The molecule has 0 saturated carbocycles. The summed E-state index contributed by atoms with van der Waals surface area (Å²) in [5, 5.41) is 1.04. The van der Waals surface area contributed by atoms with Crippen molar-refractivity contribution in [2.24, 2.45) is 5.41 Å². The molecule has 2 rings (SSSR count). The average Bonchev–Trinajstić information content (AvgIpc) is 2.67. The van der Waals surface area contributed by atoms with Gasteiger partial charge in [0.25, 0.3) is 0 Å². The Hall–Kier alpha value is -0.340. The molecule has 0 spiro atoms. The fourth-order valence-electron chi connectivity index (χ4n) is 2.20. The van der Waals surface area contributed by atoms with Gasteiger partial charge in [0.05, 0.1) is 6.61 Å². The van der Waals surface area contributed by atoms with Crippen molar-refractivity contribution in [3.8, 4) is 0 Å². The molecule has 1 saturated heterocycles. The molecular formula is C13H17BrO. The molecule has 0 amide bonds. The Balaban J connectivity index is 2.12. The van der Waals surface area contributed by atoms with Crippen LogP contribution in [0.3, 0.4) is 0 Å². The topological polar surface area (TPSA) is 9.23 Å². The summed E-state index contributed by atoms with van der Waals surface area (Å²) in [6, 6.07) is 8.79. The van der Waals surface area contributed by atoms with Crippen LogP contribution in [0.2, 0.25) is 0 Å². The lowest BCUT2D eigenvalue weighted by atomic mass is 9.83. The summed E-state index contributed by atoms with van der Waals surface area (Å²) in [5.74, 6) is 0. The molecule has 0 aromatic heterocycles. The van der Waals surface area contributed by atoms with Crippen LogP contribution >= 0.6 is 15.9 Å². The summed E-state index contributed by atoms with van der Waals surface area (Å²) in [6.07, 6.45) is 2.30. The minimum absolute atomic E-state index is 0.327. The van der Waals surface area contributed by atoms with Gasteiger partial charge in [-0.1, -0.05) is 45.8 Å². The number of halogens is 1. The summed E-state index contributed by atoms with van der Waals surface area (Å²) < 4.78 is 5.52. The Morgan fingerprint density at radius 1 is 1.47 bits per heavy atom. The zero-order valence-electron chi connectivity index (χ0n) is 9.13. The predicted octanol–water partition coefficient (Wildman–Crippen LogP) is 3.34. The van der Waals surface area contributed by atoms with E-state index in [9.17, 15) is 0 Å². The average molecular weight is 269 g/mol. The molecule has 0 aliphatic carbocycles. The first-order valence-electron chi connectivity index (χ1n) is 5.43. The van der Waals surface area contributed by atoms with Crippen molar-refractivity contribution in [2.75, 3.05) is 18.5 Å². The molecule has 1 nitrogen and oxygen atoms in total. The first-order valence-corrected chi connectivity index (χ1v) is 6.56. The van der Waals surface area contributed by atoms with Crippen molar-refractivity contribution in [1.82, 2.24) is 0 Å². The minimum Gasteiger partial charge on any atom is -0.381 e. The third kappa shape index (κ3) is 2.61. The van der Waals surface area contributed by atoms with Crippen LogP contribution in [0.1, 0.15) is 17.5 Å². The first-order chi connectivity index (χ1) is 7.24. The van der Waals surface area contributed by atoms with Gasteiger partial charge in [-0.05, 0) is 25.3 Å². The largest absolute Gasteiger partial charge is 0.381 e. The van der Waals surface area contributed by atoms with E-state index in [-0.39, 0.29) is 0 Å². The zero-order chi connectivity index (χ0) is 10.7. The molecule has 2 heteroatoms. The Morgan fingerprint density at radius 2 is 2.33 bits per heavy atom. The van der Waals surface area contributed by atoms with Crippen LogP contribution in [0.25, 0.3) is 0 Å². The molecule has 1 aromatic rings. The maximum atomic E-state index is 5.52. The number of rotatable bonds is 3. The monoisotopic (exact) mass is 268 g/mol. The summed E-state index contributed by atoms with van der Waals surface area (Å²) in [5.41, 5.74) is 3.10. The van der Waals surface area contributed by atoms with Crippen molar-refractivity contribution < 1.29 is 4.74 Å². The van der Waals surface area contributed by atoms with E-state index in [1.165, 1.54) is 17.5 Å². The van der Waals surface area contributed by atoms with E-state index in [1.807, 2.05) is 0 Å². The number of aryl methyl sites for hydroxylation is 1. The number of benzene rings is 1. The standard InChI is InChI=1S/C13H17BrO/c1-11-3-2-4-12(7-11)8-13(9-14)5-6-15-10-13/h2-4,7H,5-6,8-10H2,1H3. The van der Waals surface area contributed by atoms with Crippen LogP contribution in [0.4, 0.5) is 0 Å². The number of hydrogen-bond acceptors (Lipinski definition) is 1. The number of hydrogen-bond donors (Lipinski definition) is 0. The lowest BCUT2D eigenvalue weighted by molar-refractivity contribution is 0.162. The molecule has 1 atom stereocenters. The van der Waals surface area contributed by atoms with Crippen molar-refractivity contribution in [3.63, 3.8) is 0 Å². The maximum absolute atomic E-state index is 5.52. The predicted molar refractivity (Wildman–Crippen MR) is 66.5 cm³/mol. The van der Waals surface area contributed by atoms with E-state index in [1.54, 1.807) is 0 Å². The molecular weight excluding hydrogens is 252 g/mol. The highest BCUT2D eigenvalue weighted by molar-refractivity contribution is 9.09. The van der Waals surface area contributed by atoms with E-state index in [0.29, 0.717) is 5.41 Å². The van der Waals surface area contributed by atoms with Gasteiger partial charge in [-0.3, -0.25) is 0 Å². The van der Waals surface area contributed by atoms with Gasteiger partial charge in [-0.2, -0.15) is 0 Å². The Morgan fingerprint density at radius 3 is 2.93 bits per heavy atom. The fourth-order valence-corrected chi connectivity index (χ4v) is 2.84. The van der Waals surface area contributed by atoms with Gasteiger partial charge in [0.2, 0.25) is 0 Å². The summed E-state index contributed by atoms with van der Waals surface area (Å²) in [6.45, 7) is 3.96. The molecule has 0 bridgehead atoms. The molecule has 0 N–H and O–H groups in total. The van der Waals surface area contributed by atoms with Gasteiger partial charge in [-0.25, -0.2) is 0 Å². The number of ether oxygens (including phenoxy) is 1. The van der Waals surface area contributed by atoms with Crippen LogP contribution in [-0.2, 0) is 11.2 Å². The Kier molecular flexibility index (Phi) is 3.47. The second kappa shape index (κ2) is 4.67. The highest BCUT2D eigenvalue weighted by Crippen LogP contribution is 2.34. The van der Waals surface area contributed by atoms with Crippen molar-refractivity contribution in [1.29, 1.82) is 0 Å². The summed E-state index contributed by atoms with van der Waals surface area (Å²) in [4.78, 5) is 0. The molecule has 1 fully saturated rings. The third-order valence-corrected chi connectivity index (χ3v) is 4.32. The summed E-state index contributed by atoms with van der Waals surface area (Å²) in [7, 11) is 0. The van der Waals surface area contributed by atoms with Crippen LogP contribution in [0.5, 0.6) is 0 Å². The molecule has 1 aromatic carbocycles. The normalized spacial score (nSPS) is 25.7. The molecule has 1 unspecified atom stereocenters. The van der Waals surface area contributed by atoms with Gasteiger partial charge in [0.15, 0.2) is 0 Å². The van der Waals surface area contributed by atoms with Crippen LogP contribution < -0.4 is 0 Å². The number of alkyl halides is 1. The van der Waals surface area contributed by atoms with Gasteiger partial charge in [0, 0.05) is 17.4 Å². The van der Waals surface area contributed by atoms with E-state index in [0.717, 1.165) is 25.0 Å². The van der Waals surface area contributed by atoms with Crippen LogP contribution in [-0.4, -0.2) is 18.5 Å². The van der Waals surface area contributed by atoms with Gasteiger partial charge in [-0.15, -0.1) is 0 Å². The molecule has 0 radical (unpaired) electrons. The molecule has 15 heavy (non-hydrogen) atoms. The lowest BCUT2D eigenvalue weighted by Gasteiger charge is -2.24. The first kappa shape index (κ1) is 11.2. The van der Waals surface area contributed by atoms with E-state index < -0.39 is 0 Å². The lowest BCUT2D eigenvalue weighted by Crippen LogP contribution is -2.25. The van der Waals surface area contributed by atoms with Crippen LogP contribution in [0.15, 0.2) is 24.3 Å². The SMILES string of the molecule is Cc1cccc(CC2(CBr)CCOC2)c1. The Bertz CT molecular complexity index is 329. The minimum atomic E-state index is 0.327. The second-order valence-corrected chi connectivity index (χ2v) is 5.16. The van der Waals surface area contributed by atoms with Gasteiger partial charge in [0.1, 0.15) is 0 Å². The third-order valence-electron chi connectivity index (χ3n) is 3.13. The van der Waals surface area contributed by atoms with E-state index >= 15 is 0 Å². The highest BCUT2D eigenvalue weighted by atomic mass is 79.9. The fraction of sp³-hybridized carbons (Fsp3) is 0.538. The maximum Gasteiger partial charge on any atom is 0.0534 e. The smallest absolute Gasteiger partial charge is 0.0534 e. The highest BCUT2D eigenvalue weighted by Gasteiger charge is 2.33.